The van der Waals surface area contributed by atoms with Crippen molar-refractivity contribution >= 4 is 38.4 Å². The quantitative estimate of drug-likeness (QED) is 0.697. The Kier molecular flexibility index (Phi) is 5.41. The van der Waals surface area contributed by atoms with E-state index < -0.39 is 9.84 Å². The van der Waals surface area contributed by atoms with Gasteiger partial charge in [-0.05, 0) is 17.7 Å². The molecule has 6 nitrogen and oxygen atoms in total. The van der Waals surface area contributed by atoms with Gasteiger partial charge in [-0.1, -0.05) is 60.3 Å². The molecule has 0 amide bonds. The monoisotopic (exact) mass is 416 g/mol. The fraction of sp³-hybridized carbons (Fsp3) is 0.300. The van der Waals surface area contributed by atoms with E-state index in [4.69, 9.17) is 4.74 Å². The molecular weight excluding hydrogens is 396 g/mol. The molecule has 0 aliphatic carbocycles. The van der Waals surface area contributed by atoms with Gasteiger partial charge < -0.3 is 9.64 Å². The number of sulfone groups is 1. The molecule has 0 spiro atoms. The molecule has 2 heterocycles. The SMILES string of the molecule is O=C(CSC1=N[C@@H]2CS(=O)(=O)C[C@H]2N1c1ccccc1)OCc1ccccc1. The molecular formula is C20H20N2O4S2. The Hall–Kier alpha value is -2.32. The molecule has 2 aromatic carbocycles. The summed E-state index contributed by atoms with van der Waals surface area (Å²) in [5.41, 5.74) is 1.82. The summed E-state index contributed by atoms with van der Waals surface area (Å²) in [6, 6.07) is 18.6. The minimum Gasteiger partial charge on any atom is -0.460 e. The van der Waals surface area contributed by atoms with Crippen molar-refractivity contribution in [2.24, 2.45) is 4.99 Å². The number of hydrogen-bond donors (Lipinski definition) is 0. The number of benzene rings is 2. The third kappa shape index (κ3) is 4.23. The van der Waals surface area contributed by atoms with Crippen molar-refractivity contribution in [1.29, 1.82) is 0 Å². The highest BCUT2D eigenvalue weighted by Gasteiger charge is 2.47. The highest BCUT2D eigenvalue weighted by molar-refractivity contribution is 8.14. The van der Waals surface area contributed by atoms with Crippen molar-refractivity contribution < 1.29 is 17.9 Å². The van der Waals surface area contributed by atoms with E-state index in [0.717, 1.165) is 11.3 Å². The second-order valence-corrected chi connectivity index (χ2v) is 9.86. The molecule has 2 aliphatic rings. The molecule has 146 valence electrons. The van der Waals surface area contributed by atoms with E-state index in [-0.39, 0.29) is 41.9 Å². The van der Waals surface area contributed by atoms with Crippen molar-refractivity contribution in [2.45, 2.75) is 18.7 Å². The number of nitrogens with zero attached hydrogens (tertiary/aromatic N) is 2. The number of amidine groups is 1. The number of hydrogen-bond acceptors (Lipinski definition) is 7. The molecule has 4 rings (SSSR count). The van der Waals surface area contributed by atoms with Crippen LogP contribution in [0.25, 0.3) is 0 Å². The summed E-state index contributed by atoms with van der Waals surface area (Å²) in [6.07, 6.45) is 0. The minimum atomic E-state index is -3.09. The van der Waals surface area contributed by atoms with Crippen molar-refractivity contribution in [3.05, 3.63) is 66.2 Å². The van der Waals surface area contributed by atoms with Crippen LogP contribution in [0.5, 0.6) is 0 Å². The van der Waals surface area contributed by atoms with Crippen LogP contribution in [0.1, 0.15) is 5.56 Å². The number of carbonyl (C=O) groups is 1. The van der Waals surface area contributed by atoms with Gasteiger partial charge in [0.1, 0.15) is 6.61 Å². The van der Waals surface area contributed by atoms with Gasteiger partial charge in [0.25, 0.3) is 0 Å². The van der Waals surface area contributed by atoms with Crippen LogP contribution in [0.3, 0.4) is 0 Å². The van der Waals surface area contributed by atoms with E-state index >= 15 is 0 Å². The Morgan fingerprint density at radius 1 is 1.07 bits per heavy atom. The molecule has 1 fully saturated rings. The fourth-order valence-corrected chi connectivity index (χ4v) is 6.19. The van der Waals surface area contributed by atoms with Gasteiger partial charge >= 0.3 is 5.97 Å². The average molecular weight is 417 g/mol. The Labute approximate surface area is 168 Å². The number of para-hydroxylation sites is 1. The van der Waals surface area contributed by atoms with Crippen LogP contribution in [0, 0.1) is 0 Å². The summed E-state index contributed by atoms with van der Waals surface area (Å²) in [4.78, 5) is 18.7. The summed E-state index contributed by atoms with van der Waals surface area (Å²) in [5.74, 6) is -0.0576. The number of fused-ring (bicyclic) bond motifs is 1. The lowest BCUT2D eigenvalue weighted by Crippen LogP contribution is -2.39. The van der Waals surface area contributed by atoms with Gasteiger partial charge in [0.2, 0.25) is 0 Å². The molecule has 0 N–H and O–H groups in total. The Bertz CT molecular complexity index is 978. The minimum absolute atomic E-state index is 0.0590. The van der Waals surface area contributed by atoms with Gasteiger partial charge in [0, 0.05) is 5.69 Å². The number of rotatable bonds is 5. The van der Waals surface area contributed by atoms with Gasteiger partial charge in [-0.3, -0.25) is 9.79 Å². The number of thioether (sulfide) groups is 1. The van der Waals surface area contributed by atoms with Crippen LogP contribution < -0.4 is 4.90 Å². The topological polar surface area (TPSA) is 76.0 Å². The second kappa shape index (κ2) is 7.97. The number of aliphatic imine (C=N–C) groups is 1. The van der Waals surface area contributed by atoms with E-state index in [1.165, 1.54) is 11.8 Å². The van der Waals surface area contributed by atoms with Crippen LogP contribution in [-0.2, 0) is 26.0 Å². The van der Waals surface area contributed by atoms with Crippen molar-refractivity contribution in [3.8, 4) is 0 Å². The molecule has 2 atom stereocenters. The third-order valence-corrected chi connectivity index (χ3v) is 7.34. The summed E-state index contributed by atoms with van der Waals surface area (Å²) in [6.45, 7) is 0.235. The number of ether oxygens (including phenoxy) is 1. The normalized spacial score (nSPS) is 22.6. The van der Waals surface area contributed by atoms with Gasteiger partial charge in [-0.15, -0.1) is 0 Å². The fourth-order valence-electron chi connectivity index (χ4n) is 3.43. The van der Waals surface area contributed by atoms with E-state index in [9.17, 15) is 13.2 Å². The standard InChI is InChI=1S/C20H20N2O4S2/c23-19(26-11-15-7-3-1-4-8-15)12-27-20-21-17-13-28(24,25)14-18(17)22(20)16-9-5-2-6-10-16/h1-10,17-18H,11-14H2/t17-,18-/m1/s1. The molecule has 2 aliphatic heterocycles. The number of esters is 1. The highest BCUT2D eigenvalue weighted by Crippen LogP contribution is 2.34. The molecule has 2 aromatic rings. The molecule has 0 bridgehead atoms. The van der Waals surface area contributed by atoms with Crippen molar-refractivity contribution in [2.75, 3.05) is 22.2 Å². The smallest absolute Gasteiger partial charge is 0.316 e. The Balaban J connectivity index is 1.43. The zero-order valence-corrected chi connectivity index (χ0v) is 16.7. The zero-order chi connectivity index (χ0) is 19.6. The van der Waals surface area contributed by atoms with Gasteiger partial charge in [0.15, 0.2) is 15.0 Å². The lowest BCUT2D eigenvalue weighted by atomic mass is 10.1. The summed E-state index contributed by atoms with van der Waals surface area (Å²) < 4.78 is 29.4. The molecule has 0 unspecified atom stereocenters. The first-order chi connectivity index (χ1) is 13.5. The van der Waals surface area contributed by atoms with Gasteiger partial charge in [-0.25, -0.2) is 8.42 Å². The first-order valence-electron chi connectivity index (χ1n) is 8.97. The molecule has 28 heavy (non-hydrogen) atoms. The maximum atomic E-state index is 12.2. The Morgan fingerprint density at radius 3 is 2.46 bits per heavy atom. The lowest BCUT2D eigenvalue weighted by Gasteiger charge is -2.26. The van der Waals surface area contributed by atoms with Crippen LogP contribution in [0.2, 0.25) is 0 Å². The van der Waals surface area contributed by atoms with Gasteiger partial charge in [-0.2, -0.15) is 0 Å². The predicted molar refractivity (Wildman–Crippen MR) is 111 cm³/mol. The zero-order valence-electron chi connectivity index (χ0n) is 15.1. The summed E-state index contributed by atoms with van der Waals surface area (Å²) in [5, 5.41) is 0.674. The maximum absolute atomic E-state index is 12.2. The summed E-state index contributed by atoms with van der Waals surface area (Å²) in [7, 11) is -3.09. The first-order valence-corrected chi connectivity index (χ1v) is 11.8. The number of anilines is 1. The Morgan fingerprint density at radius 2 is 1.75 bits per heavy atom. The van der Waals surface area contributed by atoms with E-state index in [1.807, 2.05) is 65.6 Å². The van der Waals surface area contributed by atoms with E-state index in [0.29, 0.717) is 5.17 Å². The number of carbonyl (C=O) groups excluding carboxylic acids is 1. The molecule has 1 saturated heterocycles. The molecule has 8 heteroatoms. The van der Waals surface area contributed by atoms with Crippen LogP contribution in [0.4, 0.5) is 5.69 Å². The van der Waals surface area contributed by atoms with Crippen LogP contribution >= 0.6 is 11.8 Å². The molecule has 0 aromatic heterocycles. The first kappa shape index (κ1) is 19.0. The van der Waals surface area contributed by atoms with Crippen LogP contribution in [0.15, 0.2) is 65.7 Å². The second-order valence-electron chi connectivity index (χ2n) is 6.76. The van der Waals surface area contributed by atoms with Crippen LogP contribution in [-0.4, -0.2) is 48.9 Å². The maximum Gasteiger partial charge on any atom is 0.316 e. The van der Waals surface area contributed by atoms with Gasteiger partial charge in [0.05, 0.1) is 29.3 Å². The largest absolute Gasteiger partial charge is 0.460 e. The average Bonchev–Trinajstić information content (AvgIpc) is 3.17. The molecule has 0 radical (unpaired) electrons. The van der Waals surface area contributed by atoms with Crippen molar-refractivity contribution in [3.63, 3.8) is 0 Å². The van der Waals surface area contributed by atoms with E-state index in [1.54, 1.807) is 0 Å². The van der Waals surface area contributed by atoms with E-state index in [2.05, 4.69) is 4.99 Å². The van der Waals surface area contributed by atoms with Crippen molar-refractivity contribution in [1.82, 2.24) is 0 Å². The highest BCUT2D eigenvalue weighted by atomic mass is 32.2. The predicted octanol–water partition coefficient (Wildman–Crippen LogP) is 2.50. The third-order valence-electron chi connectivity index (χ3n) is 4.70. The molecule has 0 saturated carbocycles. The summed E-state index contributed by atoms with van der Waals surface area (Å²) >= 11 is 1.29. The lowest BCUT2D eigenvalue weighted by molar-refractivity contribution is -0.141.